The number of sulfonamides is 1. The number of likely N-dealkylation sites (N-methyl/N-ethyl adjacent to an activating group) is 1. The van der Waals surface area contributed by atoms with Crippen LogP contribution in [0.15, 0.2) is 72.8 Å². The molecule has 0 bridgehead atoms. The number of ether oxygens (including phenoxy) is 2. The van der Waals surface area contributed by atoms with Gasteiger partial charge in [0.1, 0.15) is 25.8 Å². The molecule has 0 radical (unpaired) electrons. The van der Waals surface area contributed by atoms with Crippen LogP contribution in [0.5, 0.6) is 11.5 Å². The summed E-state index contributed by atoms with van der Waals surface area (Å²) in [5, 5.41) is 2.68. The molecule has 4 rings (SSSR count). The molecule has 1 aliphatic rings. The van der Waals surface area contributed by atoms with E-state index in [1.807, 2.05) is 61.5 Å². The molecule has 0 aliphatic carbocycles. The van der Waals surface area contributed by atoms with Gasteiger partial charge in [-0.15, -0.1) is 0 Å². The number of benzene rings is 3. The number of anilines is 1. The topological polar surface area (TPSA) is 105 Å². The van der Waals surface area contributed by atoms with Crippen molar-refractivity contribution in [2.75, 3.05) is 36.9 Å². The predicted octanol–water partition coefficient (Wildman–Crippen LogP) is 3.31. The van der Waals surface area contributed by atoms with Gasteiger partial charge in [0, 0.05) is 26.1 Å². The van der Waals surface area contributed by atoms with Gasteiger partial charge in [-0.1, -0.05) is 60.2 Å². The van der Waals surface area contributed by atoms with Gasteiger partial charge in [0.15, 0.2) is 11.5 Å². The number of nitrogens with zero attached hydrogens (tertiary/aromatic N) is 2. The van der Waals surface area contributed by atoms with Gasteiger partial charge in [-0.05, 0) is 37.1 Å². The Morgan fingerprint density at radius 2 is 1.60 bits per heavy atom. The Hall–Kier alpha value is -4.05. The monoisotopic (exact) mass is 565 g/mol. The van der Waals surface area contributed by atoms with Crippen LogP contribution < -0.4 is 19.1 Å². The summed E-state index contributed by atoms with van der Waals surface area (Å²) in [5.41, 5.74) is 3.05. The van der Waals surface area contributed by atoms with Gasteiger partial charge in [0.2, 0.25) is 21.8 Å². The number of carbonyl (C=O) groups excluding carboxylic acids is 2. The quantitative estimate of drug-likeness (QED) is 0.383. The maximum atomic E-state index is 14.1. The maximum absolute atomic E-state index is 14.1. The molecule has 212 valence electrons. The second-order valence-electron chi connectivity index (χ2n) is 9.56. The summed E-state index contributed by atoms with van der Waals surface area (Å²) in [6.07, 6.45) is 0.267. The van der Waals surface area contributed by atoms with Crippen molar-refractivity contribution in [3.05, 3.63) is 89.5 Å². The zero-order valence-electron chi connectivity index (χ0n) is 23.0. The second-order valence-corrected chi connectivity index (χ2v) is 11.7. The fourth-order valence-corrected chi connectivity index (χ4v) is 5.57. The van der Waals surface area contributed by atoms with E-state index in [4.69, 9.17) is 9.47 Å². The molecule has 0 saturated carbocycles. The van der Waals surface area contributed by atoms with E-state index in [0.29, 0.717) is 24.7 Å². The lowest BCUT2D eigenvalue weighted by Crippen LogP contribution is -2.53. The van der Waals surface area contributed by atoms with E-state index in [1.165, 1.54) is 18.9 Å². The van der Waals surface area contributed by atoms with Crippen LogP contribution in [0.25, 0.3) is 0 Å². The predicted molar refractivity (Wildman–Crippen MR) is 154 cm³/mol. The fourth-order valence-electron chi connectivity index (χ4n) is 4.52. The standard InChI is InChI=1S/C30H35N3O6S/c1-4-40(36,37)33(25-14-15-27-28(19-25)39-17-16-38-27)21-29(34)32(20-24-12-10-22(2)11-13-24)26(30(35)31-3)18-23-8-6-5-7-9-23/h5-15,19,26H,4,16-18,20-21H2,1-3H3,(H,31,35)/t26-/m1/s1. The molecule has 2 amide bonds. The van der Waals surface area contributed by atoms with Crippen molar-refractivity contribution in [3.63, 3.8) is 0 Å². The first-order valence-electron chi connectivity index (χ1n) is 13.2. The Bertz CT molecular complexity index is 1430. The molecule has 9 nitrogen and oxygen atoms in total. The lowest BCUT2D eigenvalue weighted by molar-refractivity contribution is -0.139. The lowest BCUT2D eigenvalue weighted by atomic mass is 10.0. The van der Waals surface area contributed by atoms with Gasteiger partial charge >= 0.3 is 0 Å². The van der Waals surface area contributed by atoms with Crippen LogP contribution in [-0.2, 0) is 32.6 Å². The third-order valence-electron chi connectivity index (χ3n) is 6.78. The number of rotatable bonds is 11. The van der Waals surface area contributed by atoms with Crippen LogP contribution in [-0.4, -0.2) is 63.7 Å². The molecular formula is C30H35N3O6S. The van der Waals surface area contributed by atoms with Crippen molar-refractivity contribution in [1.82, 2.24) is 10.2 Å². The van der Waals surface area contributed by atoms with E-state index in [-0.39, 0.29) is 30.3 Å². The van der Waals surface area contributed by atoms with Gasteiger partial charge in [-0.25, -0.2) is 8.42 Å². The number of amides is 2. The average molecular weight is 566 g/mol. The van der Waals surface area contributed by atoms with Crippen molar-refractivity contribution < 1.29 is 27.5 Å². The van der Waals surface area contributed by atoms with Crippen molar-refractivity contribution in [2.45, 2.75) is 32.9 Å². The number of hydrogen-bond donors (Lipinski definition) is 1. The largest absolute Gasteiger partial charge is 0.486 e. The van der Waals surface area contributed by atoms with E-state index in [2.05, 4.69) is 5.32 Å². The Balaban J connectivity index is 1.72. The van der Waals surface area contributed by atoms with Crippen LogP contribution in [0.2, 0.25) is 0 Å². The van der Waals surface area contributed by atoms with Crippen LogP contribution in [0.3, 0.4) is 0 Å². The molecule has 1 heterocycles. The summed E-state index contributed by atoms with van der Waals surface area (Å²) in [4.78, 5) is 28.8. The second kappa shape index (κ2) is 12.9. The molecule has 3 aromatic rings. The van der Waals surface area contributed by atoms with Crippen LogP contribution in [0.4, 0.5) is 5.69 Å². The van der Waals surface area contributed by atoms with E-state index >= 15 is 0 Å². The van der Waals surface area contributed by atoms with Gasteiger partial charge in [0.25, 0.3) is 0 Å². The number of aryl methyl sites for hydroxylation is 1. The Morgan fingerprint density at radius 1 is 0.925 bits per heavy atom. The van der Waals surface area contributed by atoms with Crippen LogP contribution >= 0.6 is 0 Å². The van der Waals surface area contributed by atoms with E-state index < -0.39 is 28.5 Å². The van der Waals surface area contributed by atoms with Gasteiger partial charge in [-0.3, -0.25) is 13.9 Å². The molecule has 40 heavy (non-hydrogen) atoms. The highest BCUT2D eigenvalue weighted by Crippen LogP contribution is 2.35. The van der Waals surface area contributed by atoms with Crippen molar-refractivity contribution in [2.24, 2.45) is 0 Å². The number of carbonyl (C=O) groups is 2. The molecule has 0 spiro atoms. The Labute approximate surface area is 235 Å². The summed E-state index contributed by atoms with van der Waals surface area (Å²) >= 11 is 0. The first-order chi connectivity index (χ1) is 19.2. The van der Waals surface area contributed by atoms with E-state index in [0.717, 1.165) is 21.0 Å². The molecular weight excluding hydrogens is 530 g/mol. The van der Waals surface area contributed by atoms with E-state index in [1.54, 1.807) is 18.2 Å². The highest BCUT2D eigenvalue weighted by Gasteiger charge is 2.33. The Kier molecular flexibility index (Phi) is 9.31. The summed E-state index contributed by atoms with van der Waals surface area (Å²) in [6.45, 7) is 3.88. The molecule has 1 N–H and O–H groups in total. The molecule has 0 aromatic heterocycles. The molecule has 0 saturated heterocycles. The van der Waals surface area contributed by atoms with Crippen molar-refractivity contribution in [1.29, 1.82) is 0 Å². The van der Waals surface area contributed by atoms with Gasteiger partial charge in [0.05, 0.1) is 11.4 Å². The van der Waals surface area contributed by atoms with Crippen molar-refractivity contribution in [3.8, 4) is 11.5 Å². The van der Waals surface area contributed by atoms with Gasteiger partial charge < -0.3 is 19.7 Å². The summed E-state index contributed by atoms with van der Waals surface area (Å²) < 4.78 is 38.9. The normalized spacial score (nSPS) is 13.3. The zero-order valence-corrected chi connectivity index (χ0v) is 23.8. The molecule has 0 fully saturated rings. The van der Waals surface area contributed by atoms with Gasteiger partial charge in [-0.2, -0.15) is 0 Å². The molecule has 3 aromatic carbocycles. The third kappa shape index (κ3) is 6.93. The minimum atomic E-state index is -3.87. The minimum Gasteiger partial charge on any atom is -0.486 e. The first-order valence-corrected chi connectivity index (χ1v) is 14.8. The molecule has 1 atom stereocenters. The lowest BCUT2D eigenvalue weighted by Gasteiger charge is -2.33. The molecule has 1 aliphatic heterocycles. The maximum Gasteiger partial charge on any atom is 0.244 e. The number of nitrogens with one attached hydrogen (secondary N) is 1. The number of hydrogen-bond acceptors (Lipinski definition) is 6. The first kappa shape index (κ1) is 28.9. The summed E-state index contributed by atoms with van der Waals surface area (Å²) in [7, 11) is -2.34. The molecule has 0 unspecified atom stereocenters. The van der Waals surface area contributed by atoms with Crippen LogP contribution in [0.1, 0.15) is 23.6 Å². The fraction of sp³-hybridized carbons (Fsp3) is 0.333. The Morgan fingerprint density at radius 3 is 2.25 bits per heavy atom. The number of fused-ring (bicyclic) bond motifs is 1. The summed E-state index contributed by atoms with van der Waals surface area (Å²) in [5.74, 6) is -0.129. The van der Waals surface area contributed by atoms with E-state index in [9.17, 15) is 18.0 Å². The highest BCUT2D eigenvalue weighted by molar-refractivity contribution is 7.92. The molecule has 10 heteroatoms. The minimum absolute atomic E-state index is 0.130. The third-order valence-corrected chi connectivity index (χ3v) is 8.53. The zero-order chi connectivity index (χ0) is 28.7. The van der Waals surface area contributed by atoms with Crippen molar-refractivity contribution >= 4 is 27.5 Å². The summed E-state index contributed by atoms with van der Waals surface area (Å²) in [6, 6.07) is 21.0. The SMILES string of the molecule is CCS(=O)(=O)N(CC(=O)N(Cc1ccc(C)cc1)[C@H](Cc1ccccc1)C(=O)NC)c1ccc2c(c1)OCCO2. The van der Waals surface area contributed by atoms with Crippen LogP contribution in [0, 0.1) is 6.92 Å². The average Bonchev–Trinajstić information content (AvgIpc) is 2.98. The smallest absolute Gasteiger partial charge is 0.244 e. The highest BCUT2D eigenvalue weighted by atomic mass is 32.2.